The van der Waals surface area contributed by atoms with Crippen LogP contribution in [-0.2, 0) is 38.4 Å². The third-order valence-electron chi connectivity index (χ3n) is 47.2. The maximum Gasteiger partial charge on any atom is 0.222 e. The van der Waals surface area contributed by atoms with Crippen LogP contribution < -0.4 is 10.6 Å². The van der Waals surface area contributed by atoms with Gasteiger partial charge < -0.3 is 40.8 Å². The first-order chi connectivity index (χ1) is 64.7. The van der Waals surface area contributed by atoms with Crippen molar-refractivity contribution in [3.63, 3.8) is 0 Å². The number of aliphatic hydroxyl groups excluding tert-OH is 4. The Morgan fingerprint density at radius 1 is 0.350 bits per heavy atom. The fourth-order valence-electron chi connectivity index (χ4n) is 36.4. The number of ketones is 5. The van der Waals surface area contributed by atoms with E-state index in [1.807, 2.05) is 60.4 Å². The van der Waals surface area contributed by atoms with Gasteiger partial charge in [-0.1, -0.05) is 209 Å². The Balaban J connectivity index is 0.000000129. The molecule has 0 aromatic heterocycles. The third kappa shape index (κ3) is 14.7. The Labute approximate surface area is 839 Å². The summed E-state index contributed by atoms with van der Waals surface area (Å²) in [6.45, 7) is 65.4. The monoisotopic (exact) mass is 1910 g/mol. The number of amides is 3. The first-order valence-electron chi connectivity index (χ1n) is 54.4. The van der Waals surface area contributed by atoms with Crippen LogP contribution >= 0.6 is 0 Å². The number of allylic oxidation sites excluding steroid dienone is 28. The van der Waals surface area contributed by atoms with E-state index in [0.29, 0.717) is 80.8 Å². The van der Waals surface area contributed by atoms with Gasteiger partial charge in [0.05, 0.1) is 0 Å². The predicted molar refractivity (Wildman–Crippen MR) is 560 cm³/mol. The largest absolute Gasteiger partial charge is 0.504 e. The molecule has 0 heterocycles. The van der Waals surface area contributed by atoms with Crippen molar-refractivity contribution in [3.05, 3.63) is 185 Å². The molecule has 15 nitrogen and oxygen atoms in total. The van der Waals surface area contributed by atoms with E-state index in [4.69, 9.17) is 0 Å². The lowest BCUT2D eigenvalue weighted by atomic mass is 9.34. The SMILES string of the molecule is CC(=O)C[C@]1(C)CC[C@]2(C)CC[C@]3(C)C4=CC=C5C(=CC(=O)C(O)=C5C)[C@]4(C)CC[C@@]3(C)[C@@H]2C1.CC(=O)N(C)[C@]1(C)CC[C@]2(C)CC[C@]3(C)C4=CC=C5C(=CC(=O)C(O)=C5C)[C@]4(C)CC[C@@]3(C)[C@@H]2C1.CC1=C(O)C(=O)C=C2C1=CC=C1[C@@]2(C)CC[C@@]2(C)[C@@H]3C[C@](C)(NC(=O)C(C)C)CC[C@]3(C)CC[C@]12C.CCC(=O)N[C@]1(C)CC[C@]2(C)CC[C@]3(C)C4=CC=C5C(=CC(=O)C(O)=C5C)[C@]4(C)CC[C@@]3(C)[C@@H]2C1. The van der Waals surface area contributed by atoms with Crippen LogP contribution in [0.4, 0.5) is 0 Å². The van der Waals surface area contributed by atoms with Crippen molar-refractivity contribution in [2.24, 2.45) is 122 Å². The molecule has 0 aliphatic heterocycles. The highest BCUT2D eigenvalue weighted by atomic mass is 16.3. The van der Waals surface area contributed by atoms with Gasteiger partial charge in [0, 0.05) is 93.3 Å². The van der Waals surface area contributed by atoms with Gasteiger partial charge >= 0.3 is 0 Å². The number of rotatable bonds is 7. The third-order valence-corrected chi connectivity index (χ3v) is 47.2. The van der Waals surface area contributed by atoms with Gasteiger partial charge in [-0.05, 0) is 398 Å². The molecular formula is C125H173N3O12. The summed E-state index contributed by atoms with van der Waals surface area (Å²) in [4.78, 5) is 102. The van der Waals surface area contributed by atoms with E-state index in [2.05, 4.69) is 198 Å². The zero-order chi connectivity index (χ0) is 103. The summed E-state index contributed by atoms with van der Waals surface area (Å²) in [5.74, 6) is 1.44. The minimum atomic E-state index is -0.263. The fourth-order valence-corrected chi connectivity index (χ4v) is 36.4. The molecule has 0 aromatic carbocycles. The van der Waals surface area contributed by atoms with Crippen molar-refractivity contribution in [2.75, 3.05) is 7.05 Å². The lowest BCUT2D eigenvalue weighted by Gasteiger charge is -2.70. The van der Waals surface area contributed by atoms with Crippen LogP contribution in [0.2, 0.25) is 0 Å². The van der Waals surface area contributed by atoms with E-state index >= 15 is 0 Å². The smallest absolute Gasteiger partial charge is 0.222 e. The number of nitrogens with one attached hydrogen (secondary N) is 2. The molecule has 3 amide bonds. The normalized spacial score (nSPS) is 44.8. The molecular weight excluding hydrogens is 1740 g/mol. The second-order valence-electron chi connectivity index (χ2n) is 55.1. The molecule has 20 aliphatic rings. The van der Waals surface area contributed by atoms with Crippen LogP contribution in [0.5, 0.6) is 0 Å². The highest BCUT2D eigenvalue weighted by Gasteiger charge is 2.73. The van der Waals surface area contributed by atoms with E-state index in [1.165, 1.54) is 67.2 Å². The van der Waals surface area contributed by atoms with Gasteiger partial charge in [-0.25, -0.2) is 0 Å². The van der Waals surface area contributed by atoms with Gasteiger partial charge in [0.15, 0.2) is 23.0 Å². The first kappa shape index (κ1) is 103. The molecule has 20 rings (SSSR count). The van der Waals surface area contributed by atoms with Gasteiger partial charge in [0.25, 0.3) is 0 Å². The Kier molecular flexibility index (Phi) is 24.4. The van der Waals surface area contributed by atoms with Crippen LogP contribution in [0.25, 0.3) is 0 Å². The molecule has 6 N–H and O–H groups in total. The van der Waals surface area contributed by atoms with Crippen molar-refractivity contribution in [2.45, 2.75) is 410 Å². The van der Waals surface area contributed by atoms with Crippen LogP contribution in [0.1, 0.15) is 393 Å². The lowest BCUT2D eigenvalue weighted by Crippen LogP contribution is -2.64. The zero-order valence-electron chi connectivity index (χ0n) is 91.5. The number of hydrogen-bond donors (Lipinski definition) is 6. The van der Waals surface area contributed by atoms with Gasteiger partial charge in [-0.3, -0.25) is 33.6 Å². The summed E-state index contributed by atoms with van der Waals surface area (Å²) in [7, 11) is 1.99. The molecule has 20 aliphatic carbocycles. The maximum absolute atomic E-state index is 12.7. The second kappa shape index (κ2) is 33.2. The van der Waals surface area contributed by atoms with E-state index < -0.39 is 0 Å². The molecule has 0 bridgehead atoms. The van der Waals surface area contributed by atoms with Crippen molar-refractivity contribution in [3.8, 4) is 0 Å². The standard InChI is InChI=1S/C32H45NO3.2C31H43NO3.C31H42O3/c1-19(2)27(36)33-29(5)13-11-28(4)12-15-31(7)24-10-9-21-20(3)26(35)23(34)17-22(21)30(24,6)14-16-32(31,8)25(28)18-29;1-19-21-9-10-24-29(5,22(21)17-23(34)26(19)35)14-16-31(7)25-18-28(4,32(8)20(2)33)13-11-27(25,3)12-15-30(24,31)6;1-8-25(34)32-28(4)13-11-27(3)12-15-30(6)23-10-9-20-19(2)26(35)22(33)17-21(20)29(23,5)14-16-31(30,7)24(27)18-28;1-19(32)17-27(3)10-11-28(4)12-14-30(6)24-9-8-21-20(2)26(34)23(33)16-22(21)29(24,5)13-15-31(30,7)25(28)18-27/h9-10,17,19,25,35H,11-16,18H2,1-8H3,(H,33,36);9-10,17,25,35H,11-16,18H2,1-8H3;9-10,17,24,35H,8,11-16,18H2,1-7H3,(H,32,34);8-9,16,25,34H,10-15,17-18H2,1-7H3/t25-,28-,29-,30+,31-,32+;25-,27-,28-,29+,30-,31+;24-,27-,28-,29+,30-,31+;25-,27+,28-,29+,30-,31+/m1111/s1. The molecule has 0 saturated heterocycles. The van der Waals surface area contributed by atoms with E-state index in [-0.39, 0.29) is 162 Å². The van der Waals surface area contributed by atoms with Crippen molar-refractivity contribution in [1.82, 2.24) is 15.5 Å². The van der Waals surface area contributed by atoms with E-state index in [9.17, 15) is 58.8 Å². The quantitative estimate of drug-likeness (QED) is 0.139. The van der Waals surface area contributed by atoms with Gasteiger partial charge in [-0.15, -0.1) is 0 Å². The number of aliphatic hydroxyl groups is 4. The predicted octanol–water partition coefficient (Wildman–Crippen LogP) is 28.5. The van der Waals surface area contributed by atoms with Crippen molar-refractivity contribution in [1.29, 1.82) is 0 Å². The molecule has 12 fully saturated rings. The Morgan fingerprint density at radius 3 is 0.893 bits per heavy atom. The van der Waals surface area contributed by atoms with Gasteiger partial charge in [0.2, 0.25) is 40.9 Å². The van der Waals surface area contributed by atoms with Crippen LogP contribution in [0.3, 0.4) is 0 Å². The molecule has 0 spiro atoms. The molecule has 24 atom stereocenters. The minimum absolute atomic E-state index is 0.00506. The molecule has 15 heteroatoms. The molecule has 0 aromatic rings. The summed E-state index contributed by atoms with van der Waals surface area (Å²) in [5.41, 5.74) is 17.8. The second-order valence-corrected chi connectivity index (χ2v) is 55.1. The molecule has 760 valence electrons. The average Bonchev–Trinajstić information content (AvgIpc) is 0.688. The summed E-state index contributed by atoms with van der Waals surface area (Å²) in [5, 5.41) is 48.2. The molecule has 0 radical (unpaired) electrons. The first-order valence-corrected chi connectivity index (χ1v) is 54.4. The molecule has 140 heavy (non-hydrogen) atoms. The Bertz CT molecular complexity index is 6010. The Hall–Kier alpha value is -8.20. The minimum Gasteiger partial charge on any atom is -0.504 e. The van der Waals surface area contributed by atoms with Gasteiger partial charge in [0.1, 0.15) is 5.78 Å². The average molecular weight is 1910 g/mol. The summed E-state index contributed by atoms with van der Waals surface area (Å²) < 4.78 is 0. The fraction of sp³-hybridized carbons (Fsp3) is 0.680. The van der Waals surface area contributed by atoms with Crippen LogP contribution in [0.15, 0.2) is 185 Å². The number of carbonyl (C=O) groups excluding carboxylic acids is 8. The maximum atomic E-state index is 12.7. The van der Waals surface area contributed by atoms with Gasteiger partial charge in [-0.2, -0.15) is 0 Å². The highest BCUT2D eigenvalue weighted by Crippen LogP contribution is 2.82. The zero-order valence-corrected chi connectivity index (χ0v) is 91.5. The highest BCUT2D eigenvalue weighted by molar-refractivity contribution is 6.09. The number of fused-ring (bicyclic) bond motifs is 28. The summed E-state index contributed by atoms with van der Waals surface area (Å²) in [6.07, 6.45) is 57.2. The van der Waals surface area contributed by atoms with E-state index in [1.54, 1.807) is 38.2 Å². The van der Waals surface area contributed by atoms with Crippen molar-refractivity contribution < 1.29 is 58.8 Å². The van der Waals surface area contributed by atoms with E-state index in [0.717, 1.165) is 179 Å². The summed E-state index contributed by atoms with van der Waals surface area (Å²) in [6, 6.07) is 0. The number of carbonyl (C=O) groups is 8. The summed E-state index contributed by atoms with van der Waals surface area (Å²) >= 11 is 0. The van der Waals surface area contributed by atoms with Crippen molar-refractivity contribution >= 4 is 46.6 Å². The molecule has 0 unspecified atom stereocenters. The number of nitrogens with zero attached hydrogens (tertiary/aromatic N) is 1. The Morgan fingerprint density at radius 2 is 0.614 bits per heavy atom. The number of Topliss-reactive ketones (excluding diaryl/α,β-unsaturated/α-hetero) is 1. The molecule has 12 saturated carbocycles. The van der Waals surface area contributed by atoms with Crippen LogP contribution in [-0.4, -0.2) is 95.6 Å². The lowest BCUT2D eigenvalue weighted by molar-refractivity contribution is -0.169. The topological polar surface area (TPSA) is 245 Å². The van der Waals surface area contributed by atoms with Crippen LogP contribution in [0, 0.1) is 122 Å². The number of hydrogen-bond acceptors (Lipinski definition) is 12.